The Kier molecular flexibility index (Phi) is 5.69. The van der Waals surface area contributed by atoms with Crippen molar-refractivity contribution in [1.82, 2.24) is 10.2 Å². The molecule has 0 spiro atoms. The Labute approximate surface area is 149 Å². The zero-order valence-corrected chi connectivity index (χ0v) is 15.6. The monoisotopic (exact) mass is 422 g/mol. The van der Waals surface area contributed by atoms with Gasteiger partial charge in [-0.3, -0.25) is 4.90 Å². The molecule has 2 aromatic carbocycles. The molecule has 0 aromatic heterocycles. The average molecular weight is 424 g/mol. The lowest BCUT2D eigenvalue weighted by Crippen LogP contribution is -2.33. The van der Waals surface area contributed by atoms with Crippen molar-refractivity contribution >= 4 is 31.9 Å². The van der Waals surface area contributed by atoms with E-state index >= 15 is 0 Å². The first-order valence-electron chi connectivity index (χ1n) is 7.70. The van der Waals surface area contributed by atoms with Crippen LogP contribution in [0.3, 0.4) is 0 Å². The van der Waals surface area contributed by atoms with Crippen molar-refractivity contribution in [3.63, 3.8) is 0 Å². The quantitative estimate of drug-likeness (QED) is 0.776. The molecule has 1 aliphatic heterocycles. The Morgan fingerprint density at radius 1 is 0.773 bits per heavy atom. The maximum Gasteiger partial charge on any atom is 0.0602 e. The van der Waals surface area contributed by atoms with Gasteiger partial charge in [-0.2, -0.15) is 0 Å². The van der Waals surface area contributed by atoms with Gasteiger partial charge in [-0.15, -0.1) is 0 Å². The molecule has 2 nitrogen and oxygen atoms in total. The largest absolute Gasteiger partial charge is 0.315 e. The molecule has 1 aliphatic rings. The van der Waals surface area contributed by atoms with Gasteiger partial charge in [0.05, 0.1) is 6.04 Å². The number of hydrogen-bond acceptors (Lipinski definition) is 2. The minimum absolute atomic E-state index is 0.320. The van der Waals surface area contributed by atoms with E-state index in [1.807, 2.05) is 0 Å². The van der Waals surface area contributed by atoms with Crippen LogP contribution in [0.5, 0.6) is 0 Å². The fourth-order valence-electron chi connectivity index (χ4n) is 3.03. The van der Waals surface area contributed by atoms with Gasteiger partial charge in [0.2, 0.25) is 0 Å². The molecule has 0 aliphatic carbocycles. The van der Waals surface area contributed by atoms with Gasteiger partial charge in [0.15, 0.2) is 0 Å². The topological polar surface area (TPSA) is 15.3 Å². The molecule has 0 radical (unpaired) electrons. The first-order chi connectivity index (χ1) is 10.7. The summed E-state index contributed by atoms with van der Waals surface area (Å²) >= 11 is 7.08. The number of benzene rings is 2. The van der Waals surface area contributed by atoms with Gasteiger partial charge in [-0.05, 0) is 48.4 Å². The van der Waals surface area contributed by atoms with Crippen LogP contribution >= 0.6 is 31.9 Å². The first kappa shape index (κ1) is 16.2. The molecule has 3 rings (SSSR count). The highest BCUT2D eigenvalue weighted by Crippen LogP contribution is 2.30. The third-order valence-corrected chi connectivity index (χ3v) is 5.17. The standard InChI is InChI=1S/C18H20Br2N2/c19-16-6-2-14(3-7-16)18(15-4-8-17(20)9-5-15)22-12-1-10-21-11-13-22/h2-9,18,21H,1,10-13H2. The third kappa shape index (κ3) is 3.99. The van der Waals surface area contributed by atoms with Crippen molar-refractivity contribution in [1.29, 1.82) is 0 Å². The van der Waals surface area contributed by atoms with E-state index in [2.05, 4.69) is 90.6 Å². The van der Waals surface area contributed by atoms with Gasteiger partial charge < -0.3 is 5.32 Å². The molecule has 0 atom stereocenters. The average Bonchev–Trinajstić information content (AvgIpc) is 2.81. The highest BCUT2D eigenvalue weighted by Gasteiger charge is 2.23. The predicted octanol–water partition coefficient (Wildman–Crippen LogP) is 4.60. The van der Waals surface area contributed by atoms with E-state index in [4.69, 9.17) is 0 Å². The SMILES string of the molecule is Brc1ccc(C(c2ccc(Br)cc2)N2CCCNCC2)cc1. The Bertz CT molecular complexity index is 542. The van der Waals surface area contributed by atoms with E-state index in [0.29, 0.717) is 6.04 Å². The van der Waals surface area contributed by atoms with E-state index in [-0.39, 0.29) is 0 Å². The molecular weight excluding hydrogens is 404 g/mol. The third-order valence-electron chi connectivity index (χ3n) is 4.11. The first-order valence-corrected chi connectivity index (χ1v) is 9.28. The van der Waals surface area contributed by atoms with E-state index in [1.165, 1.54) is 17.5 Å². The number of hydrogen-bond donors (Lipinski definition) is 1. The minimum atomic E-state index is 0.320. The van der Waals surface area contributed by atoms with Crippen LogP contribution in [0.2, 0.25) is 0 Å². The Balaban J connectivity index is 1.96. The maximum absolute atomic E-state index is 3.54. The molecule has 0 bridgehead atoms. The fraction of sp³-hybridized carbons (Fsp3) is 0.333. The second-order valence-corrected chi connectivity index (χ2v) is 7.48. The van der Waals surface area contributed by atoms with Gasteiger partial charge in [0, 0.05) is 28.6 Å². The molecule has 2 aromatic rings. The molecule has 1 fully saturated rings. The van der Waals surface area contributed by atoms with Gasteiger partial charge in [0.25, 0.3) is 0 Å². The molecule has 0 unspecified atom stereocenters. The number of rotatable bonds is 3. The van der Waals surface area contributed by atoms with E-state index in [0.717, 1.165) is 35.1 Å². The highest BCUT2D eigenvalue weighted by molar-refractivity contribution is 9.10. The van der Waals surface area contributed by atoms with Crippen LogP contribution in [0.25, 0.3) is 0 Å². The summed E-state index contributed by atoms with van der Waals surface area (Å²) in [6.45, 7) is 4.38. The normalized spacial score (nSPS) is 16.7. The summed E-state index contributed by atoms with van der Waals surface area (Å²) in [5, 5.41) is 3.50. The Morgan fingerprint density at radius 2 is 1.32 bits per heavy atom. The minimum Gasteiger partial charge on any atom is -0.315 e. The second kappa shape index (κ2) is 7.73. The Hall–Kier alpha value is -0.680. The van der Waals surface area contributed by atoms with Gasteiger partial charge >= 0.3 is 0 Å². The van der Waals surface area contributed by atoms with Crippen molar-refractivity contribution in [3.05, 3.63) is 68.6 Å². The summed E-state index contributed by atoms with van der Waals surface area (Å²) < 4.78 is 2.26. The van der Waals surface area contributed by atoms with Crippen LogP contribution < -0.4 is 5.32 Å². The lowest BCUT2D eigenvalue weighted by Gasteiger charge is -2.31. The molecule has 1 saturated heterocycles. The summed E-state index contributed by atoms with van der Waals surface area (Å²) in [5.41, 5.74) is 2.71. The van der Waals surface area contributed by atoms with Crippen LogP contribution in [0.1, 0.15) is 23.6 Å². The number of nitrogens with zero attached hydrogens (tertiary/aromatic N) is 1. The van der Waals surface area contributed by atoms with Gasteiger partial charge in [0.1, 0.15) is 0 Å². The molecule has 22 heavy (non-hydrogen) atoms. The summed E-state index contributed by atoms with van der Waals surface area (Å²) in [5.74, 6) is 0. The van der Waals surface area contributed by atoms with Crippen molar-refractivity contribution in [3.8, 4) is 0 Å². The van der Waals surface area contributed by atoms with Crippen LogP contribution in [0, 0.1) is 0 Å². The summed E-state index contributed by atoms with van der Waals surface area (Å²) in [6, 6.07) is 17.8. The smallest absolute Gasteiger partial charge is 0.0602 e. The molecule has 0 saturated carbocycles. The lowest BCUT2D eigenvalue weighted by atomic mass is 9.97. The summed E-state index contributed by atoms with van der Waals surface area (Å²) in [4.78, 5) is 2.59. The van der Waals surface area contributed by atoms with Crippen molar-refractivity contribution < 1.29 is 0 Å². The van der Waals surface area contributed by atoms with Crippen molar-refractivity contribution in [2.75, 3.05) is 26.2 Å². The van der Waals surface area contributed by atoms with Gasteiger partial charge in [-0.25, -0.2) is 0 Å². The van der Waals surface area contributed by atoms with Crippen LogP contribution in [-0.2, 0) is 0 Å². The molecule has 4 heteroatoms. The zero-order valence-electron chi connectivity index (χ0n) is 12.4. The molecule has 1 heterocycles. The van der Waals surface area contributed by atoms with E-state index < -0.39 is 0 Å². The summed E-state index contributed by atoms with van der Waals surface area (Å²) in [7, 11) is 0. The van der Waals surface area contributed by atoms with E-state index in [9.17, 15) is 0 Å². The second-order valence-electron chi connectivity index (χ2n) is 5.65. The van der Waals surface area contributed by atoms with Gasteiger partial charge in [-0.1, -0.05) is 56.1 Å². The molecule has 116 valence electrons. The zero-order chi connectivity index (χ0) is 15.4. The molecule has 0 amide bonds. The fourth-order valence-corrected chi connectivity index (χ4v) is 3.56. The predicted molar refractivity (Wildman–Crippen MR) is 99.2 cm³/mol. The lowest BCUT2D eigenvalue weighted by molar-refractivity contribution is 0.241. The number of halogens is 2. The van der Waals surface area contributed by atoms with Crippen LogP contribution in [0.4, 0.5) is 0 Å². The highest BCUT2D eigenvalue weighted by atomic mass is 79.9. The molecular formula is C18H20Br2N2. The summed E-state index contributed by atoms with van der Waals surface area (Å²) in [6.07, 6.45) is 1.20. The van der Waals surface area contributed by atoms with Crippen molar-refractivity contribution in [2.45, 2.75) is 12.5 Å². The van der Waals surface area contributed by atoms with Crippen molar-refractivity contribution in [2.24, 2.45) is 0 Å². The maximum atomic E-state index is 3.54. The van der Waals surface area contributed by atoms with Crippen LogP contribution in [0.15, 0.2) is 57.5 Å². The Morgan fingerprint density at radius 3 is 1.86 bits per heavy atom. The molecule has 1 N–H and O–H groups in total. The van der Waals surface area contributed by atoms with E-state index in [1.54, 1.807) is 0 Å². The number of nitrogens with one attached hydrogen (secondary N) is 1. The van der Waals surface area contributed by atoms with Crippen LogP contribution in [-0.4, -0.2) is 31.1 Å².